The summed E-state index contributed by atoms with van der Waals surface area (Å²) in [4.78, 5) is 11.2. The average Bonchev–Trinajstić information content (AvgIpc) is 2.85. The fourth-order valence-corrected chi connectivity index (χ4v) is 2.55. The Morgan fingerprint density at radius 2 is 2.17 bits per heavy atom. The highest BCUT2D eigenvalue weighted by Gasteiger charge is 2.12. The molecule has 100 valence electrons. The number of carbonyl (C=O) groups excluding carboxylic acids is 1. The van der Waals surface area contributed by atoms with E-state index in [2.05, 4.69) is 4.57 Å². The van der Waals surface area contributed by atoms with Crippen LogP contribution in [0.2, 0.25) is 0 Å². The van der Waals surface area contributed by atoms with Crippen molar-refractivity contribution in [3.63, 3.8) is 0 Å². The van der Waals surface area contributed by atoms with Gasteiger partial charge in [0.1, 0.15) is 0 Å². The van der Waals surface area contributed by atoms with E-state index in [1.807, 2.05) is 18.5 Å². The van der Waals surface area contributed by atoms with E-state index >= 15 is 0 Å². The number of nitrogens with zero attached hydrogens (tertiary/aromatic N) is 1. The Hall–Kier alpha value is -1.09. The van der Waals surface area contributed by atoms with Gasteiger partial charge in [0, 0.05) is 37.7 Å². The first-order valence-electron chi connectivity index (χ1n) is 7.00. The zero-order valence-corrected chi connectivity index (χ0v) is 11.2. The lowest BCUT2D eigenvalue weighted by Crippen LogP contribution is -2.15. The number of aromatic nitrogens is 1. The van der Waals surface area contributed by atoms with Crippen LogP contribution in [-0.2, 0) is 11.3 Å². The van der Waals surface area contributed by atoms with E-state index in [1.54, 1.807) is 6.92 Å². The lowest BCUT2D eigenvalue weighted by atomic mass is 9.94. The molecule has 1 fully saturated rings. The number of hydrogen-bond donors (Lipinski definition) is 0. The van der Waals surface area contributed by atoms with E-state index in [4.69, 9.17) is 4.74 Å². The molecule has 0 unspecified atom stereocenters. The second kappa shape index (κ2) is 6.74. The maximum Gasteiger partial charge on any atom is 0.161 e. The zero-order valence-electron chi connectivity index (χ0n) is 11.2. The van der Waals surface area contributed by atoms with Crippen LogP contribution in [0.5, 0.6) is 0 Å². The lowest BCUT2D eigenvalue weighted by Gasteiger charge is -2.21. The molecule has 18 heavy (non-hydrogen) atoms. The van der Waals surface area contributed by atoms with Gasteiger partial charge in [-0.15, -0.1) is 0 Å². The smallest absolute Gasteiger partial charge is 0.161 e. The summed E-state index contributed by atoms with van der Waals surface area (Å²) >= 11 is 0. The fraction of sp³-hybridized carbons (Fsp3) is 0.667. The molecule has 1 aromatic rings. The van der Waals surface area contributed by atoms with Crippen molar-refractivity contribution in [2.75, 3.05) is 13.2 Å². The van der Waals surface area contributed by atoms with Crippen molar-refractivity contribution >= 4 is 5.78 Å². The van der Waals surface area contributed by atoms with E-state index in [1.165, 1.54) is 32.1 Å². The van der Waals surface area contributed by atoms with Crippen molar-refractivity contribution in [3.8, 4) is 0 Å². The van der Waals surface area contributed by atoms with Gasteiger partial charge < -0.3 is 9.30 Å². The molecule has 0 N–H and O–H groups in total. The van der Waals surface area contributed by atoms with Crippen LogP contribution in [0.1, 0.15) is 49.4 Å². The van der Waals surface area contributed by atoms with E-state index in [-0.39, 0.29) is 5.78 Å². The number of carbonyl (C=O) groups is 1. The van der Waals surface area contributed by atoms with Gasteiger partial charge >= 0.3 is 0 Å². The average molecular weight is 249 g/mol. The van der Waals surface area contributed by atoms with E-state index in [0.717, 1.165) is 31.2 Å². The third-order valence-electron chi connectivity index (χ3n) is 3.78. The Kier molecular flexibility index (Phi) is 5.00. The standard InChI is InChI=1S/C15H23NO2/c1-13(17)15-5-9-16(12-15)8-3-2-4-14-6-10-18-11-7-14/h5,9,12,14H,2-4,6-8,10-11H2,1H3. The first-order chi connectivity index (χ1) is 8.75. The normalized spacial score (nSPS) is 16.9. The number of unbranched alkanes of at least 4 members (excludes halogenated alkanes) is 1. The molecule has 0 aromatic carbocycles. The molecule has 1 aliphatic heterocycles. The summed E-state index contributed by atoms with van der Waals surface area (Å²) < 4.78 is 7.49. The molecule has 3 nitrogen and oxygen atoms in total. The minimum atomic E-state index is 0.149. The summed E-state index contributed by atoms with van der Waals surface area (Å²) in [7, 11) is 0. The minimum Gasteiger partial charge on any atom is -0.381 e. The van der Waals surface area contributed by atoms with Gasteiger partial charge in [-0.2, -0.15) is 0 Å². The second-order valence-corrected chi connectivity index (χ2v) is 5.25. The van der Waals surface area contributed by atoms with Gasteiger partial charge in [0.25, 0.3) is 0 Å². The summed E-state index contributed by atoms with van der Waals surface area (Å²) in [5, 5.41) is 0. The van der Waals surface area contributed by atoms with Crippen LogP contribution in [0.25, 0.3) is 0 Å². The Morgan fingerprint density at radius 1 is 1.39 bits per heavy atom. The predicted octanol–water partition coefficient (Wildman–Crippen LogP) is 3.29. The molecule has 3 heteroatoms. The van der Waals surface area contributed by atoms with Gasteiger partial charge in [-0.05, 0) is 38.2 Å². The van der Waals surface area contributed by atoms with Crippen LogP contribution in [-0.4, -0.2) is 23.6 Å². The molecular formula is C15H23NO2. The van der Waals surface area contributed by atoms with Crippen LogP contribution in [0.15, 0.2) is 18.5 Å². The van der Waals surface area contributed by atoms with Gasteiger partial charge in [-0.3, -0.25) is 4.79 Å². The Morgan fingerprint density at radius 3 is 2.83 bits per heavy atom. The maximum absolute atomic E-state index is 11.2. The van der Waals surface area contributed by atoms with Gasteiger partial charge in [-0.1, -0.05) is 12.8 Å². The van der Waals surface area contributed by atoms with Crippen molar-refractivity contribution in [3.05, 3.63) is 24.0 Å². The third kappa shape index (κ3) is 3.98. The Balaban J connectivity index is 1.63. The molecule has 0 amide bonds. The lowest BCUT2D eigenvalue weighted by molar-refractivity contribution is 0.0630. The number of Topliss-reactive ketones (excluding diaryl/α,β-unsaturated/α-hetero) is 1. The molecular weight excluding hydrogens is 226 g/mol. The fourth-order valence-electron chi connectivity index (χ4n) is 2.55. The third-order valence-corrected chi connectivity index (χ3v) is 3.78. The molecule has 0 bridgehead atoms. The van der Waals surface area contributed by atoms with Crippen molar-refractivity contribution in [2.45, 2.75) is 45.6 Å². The first-order valence-corrected chi connectivity index (χ1v) is 7.00. The molecule has 0 atom stereocenters. The highest BCUT2D eigenvalue weighted by Crippen LogP contribution is 2.20. The Bertz CT molecular complexity index is 378. The second-order valence-electron chi connectivity index (χ2n) is 5.25. The number of aryl methyl sites for hydroxylation is 1. The highest BCUT2D eigenvalue weighted by molar-refractivity contribution is 5.93. The highest BCUT2D eigenvalue weighted by atomic mass is 16.5. The summed E-state index contributed by atoms with van der Waals surface area (Å²) in [6.45, 7) is 4.54. The molecule has 0 saturated carbocycles. The van der Waals surface area contributed by atoms with Crippen LogP contribution in [0.4, 0.5) is 0 Å². The molecule has 0 aliphatic carbocycles. The predicted molar refractivity (Wildman–Crippen MR) is 71.8 cm³/mol. The number of rotatable bonds is 6. The summed E-state index contributed by atoms with van der Waals surface area (Å²) in [5.41, 5.74) is 0.819. The minimum absolute atomic E-state index is 0.149. The van der Waals surface area contributed by atoms with Crippen molar-refractivity contribution in [2.24, 2.45) is 5.92 Å². The van der Waals surface area contributed by atoms with Crippen LogP contribution in [0.3, 0.4) is 0 Å². The van der Waals surface area contributed by atoms with Crippen LogP contribution < -0.4 is 0 Å². The maximum atomic E-state index is 11.2. The van der Waals surface area contributed by atoms with E-state index in [0.29, 0.717) is 0 Å². The van der Waals surface area contributed by atoms with Gasteiger partial charge in [0.2, 0.25) is 0 Å². The molecule has 0 radical (unpaired) electrons. The van der Waals surface area contributed by atoms with E-state index < -0.39 is 0 Å². The van der Waals surface area contributed by atoms with Gasteiger partial charge in [0.05, 0.1) is 0 Å². The summed E-state index contributed by atoms with van der Waals surface area (Å²) in [6, 6.07) is 1.90. The quantitative estimate of drug-likeness (QED) is 0.572. The van der Waals surface area contributed by atoms with Crippen LogP contribution in [0, 0.1) is 5.92 Å². The SMILES string of the molecule is CC(=O)c1ccn(CCCCC2CCOCC2)c1. The molecule has 2 rings (SSSR count). The van der Waals surface area contributed by atoms with Gasteiger partial charge in [-0.25, -0.2) is 0 Å². The molecule has 1 aliphatic rings. The number of ketones is 1. The molecule has 1 aromatic heterocycles. The molecule has 0 spiro atoms. The zero-order chi connectivity index (χ0) is 12.8. The van der Waals surface area contributed by atoms with E-state index in [9.17, 15) is 4.79 Å². The molecule has 1 saturated heterocycles. The van der Waals surface area contributed by atoms with Crippen molar-refractivity contribution < 1.29 is 9.53 Å². The first kappa shape index (κ1) is 13.3. The Labute approximate surface area is 109 Å². The largest absolute Gasteiger partial charge is 0.381 e. The summed E-state index contributed by atoms with van der Waals surface area (Å²) in [5.74, 6) is 1.02. The monoisotopic (exact) mass is 249 g/mol. The summed E-state index contributed by atoms with van der Waals surface area (Å²) in [6.07, 6.45) is 10.2. The molecule has 2 heterocycles. The van der Waals surface area contributed by atoms with Crippen molar-refractivity contribution in [1.82, 2.24) is 4.57 Å². The van der Waals surface area contributed by atoms with Crippen molar-refractivity contribution in [1.29, 1.82) is 0 Å². The number of ether oxygens (including phenoxy) is 1. The van der Waals surface area contributed by atoms with Gasteiger partial charge in [0.15, 0.2) is 5.78 Å². The number of hydrogen-bond acceptors (Lipinski definition) is 2. The topological polar surface area (TPSA) is 31.2 Å². The van der Waals surface area contributed by atoms with Crippen LogP contribution >= 0.6 is 0 Å².